The van der Waals surface area contributed by atoms with Crippen LogP contribution in [0.5, 0.6) is 0 Å². The molecule has 0 saturated heterocycles. The standard InChI is InChI=1S/C14H12Cl2N4S/c1-8(9-2-4-17-5-3-9)18-14-19-12-6-10(15)11(16)7-13(12)21-20-14/h2-8H,1H3,(H2,18,19,20). The van der Waals surface area contributed by atoms with Crippen molar-refractivity contribution < 1.29 is 0 Å². The lowest BCUT2D eigenvalue weighted by Crippen LogP contribution is -2.33. The molecule has 21 heavy (non-hydrogen) atoms. The Kier molecular flexibility index (Phi) is 4.24. The smallest absolute Gasteiger partial charge is 0.208 e. The van der Waals surface area contributed by atoms with Crippen molar-refractivity contribution in [2.75, 3.05) is 5.32 Å². The van der Waals surface area contributed by atoms with Crippen LogP contribution in [0.2, 0.25) is 10.0 Å². The number of aromatic nitrogens is 1. The summed E-state index contributed by atoms with van der Waals surface area (Å²) in [6.45, 7) is 2.06. The van der Waals surface area contributed by atoms with Crippen molar-refractivity contribution in [1.29, 1.82) is 0 Å². The molecule has 0 spiro atoms. The Balaban J connectivity index is 1.74. The highest BCUT2D eigenvalue weighted by molar-refractivity contribution is 7.98. The van der Waals surface area contributed by atoms with Gasteiger partial charge in [-0.05, 0) is 36.8 Å². The fourth-order valence-corrected chi connectivity index (χ4v) is 3.01. The zero-order valence-corrected chi connectivity index (χ0v) is 13.4. The van der Waals surface area contributed by atoms with E-state index in [1.54, 1.807) is 18.5 Å². The minimum Gasteiger partial charge on any atom is -0.349 e. The Morgan fingerprint density at radius 1 is 1.19 bits per heavy atom. The van der Waals surface area contributed by atoms with Crippen molar-refractivity contribution in [3.8, 4) is 0 Å². The third-order valence-electron chi connectivity index (χ3n) is 3.07. The summed E-state index contributed by atoms with van der Waals surface area (Å²) >= 11 is 13.4. The molecular weight excluding hydrogens is 327 g/mol. The molecule has 1 unspecified atom stereocenters. The molecule has 2 heterocycles. The Hall–Kier alpha value is -1.43. The van der Waals surface area contributed by atoms with Crippen molar-refractivity contribution in [2.24, 2.45) is 4.40 Å². The van der Waals surface area contributed by atoms with E-state index in [1.165, 1.54) is 11.9 Å². The summed E-state index contributed by atoms with van der Waals surface area (Å²) in [6.07, 6.45) is 3.55. The Bertz CT molecular complexity index is 691. The SMILES string of the molecule is CC(NC1=NSc2cc(Cl)c(Cl)cc2N1)c1ccncc1. The molecule has 1 aromatic carbocycles. The molecule has 2 aromatic rings. The van der Waals surface area contributed by atoms with E-state index in [0.29, 0.717) is 16.0 Å². The van der Waals surface area contributed by atoms with Gasteiger partial charge in [-0.25, -0.2) is 0 Å². The van der Waals surface area contributed by atoms with E-state index in [0.717, 1.165) is 16.1 Å². The molecule has 2 N–H and O–H groups in total. The summed E-state index contributed by atoms with van der Waals surface area (Å²) in [5, 5.41) is 7.60. The summed E-state index contributed by atoms with van der Waals surface area (Å²) in [6, 6.07) is 7.67. The largest absolute Gasteiger partial charge is 0.349 e. The van der Waals surface area contributed by atoms with Crippen LogP contribution in [0.3, 0.4) is 0 Å². The first-order chi connectivity index (χ1) is 10.1. The zero-order valence-electron chi connectivity index (χ0n) is 11.1. The van der Waals surface area contributed by atoms with Crippen LogP contribution in [0.15, 0.2) is 46.0 Å². The molecule has 0 saturated carbocycles. The second-order valence-electron chi connectivity index (χ2n) is 4.57. The summed E-state index contributed by atoms with van der Waals surface area (Å²) in [5.41, 5.74) is 2.04. The number of benzene rings is 1. The first-order valence-corrected chi connectivity index (χ1v) is 7.84. The van der Waals surface area contributed by atoms with Crippen LogP contribution in [0.1, 0.15) is 18.5 Å². The zero-order chi connectivity index (χ0) is 14.8. The maximum Gasteiger partial charge on any atom is 0.208 e. The molecule has 0 fully saturated rings. The number of nitrogens with zero attached hydrogens (tertiary/aromatic N) is 2. The molecule has 0 amide bonds. The maximum atomic E-state index is 6.05. The van der Waals surface area contributed by atoms with Gasteiger partial charge < -0.3 is 10.6 Å². The van der Waals surface area contributed by atoms with E-state index < -0.39 is 0 Å². The minimum absolute atomic E-state index is 0.115. The van der Waals surface area contributed by atoms with Crippen molar-refractivity contribution in [1.82, 2.24) is 10.3 Å². The molecule has 1 atom stereocenters. The predicted molar refractivity (Wildman–Crippen MR) is 89.2 cm³/mol. The second kappa shape index (κ2) is 6.13. The molecule has 4 nitrogen and oxygen atoms in total. The van der Waals surface area contributed by atoms with Crippen LogP contribution in [0, 0.1) is 0 Å². The van der Waals surface area contributed by atoms with E-state index in [1.807, 2.05) is 18.2 Å². The quantitative estimate of drug-likeness (QED) is 0.790. The number of nitrogens with one attached hydrogen (secondary N) is 2. The third kappa shape index (κ3) is 3.26. The van der Waals surface area contributed by atoms with Crippen molar-refractivity contribution in [2.45, 2.75) is 17.9 Å². The van der Waals surface area contributed by atoms with Gasteiger partial charge in [-0.3, -0.25) is 4.98 Å². The van der Waals surface area contributed by atoms with E-state index >= 15 is 0 Å². The molecule has 0 radical (unpaired) electrons. The number of anilines is 1. The van der Waals surface area contributed by atoms with Gasteiger partial charge in [-0.2, -0.15) is 4.40 Å². The highest BCUT2D eigenvalue weighted by atomic mass is 35.5. The molecule has 108 valence electrons. The lowest BCUT2D eigenvalue weighted by Gasteiger charge is -2.22. The van der Waals surface area contributed by atoms with Gasteiger partial charge in [0, 0.05) is 24.3 Å². The third-order valence-corrected chi connectivity index (χ3v) is 4.60. The van der Waals surface area contributed by atoms with Gasteiger partial charge >= 0.3 is 0 Å². The van der Waals surface area contributed by atoms with E-state index in [9.17, 15) is 0 Å². The van der Waals surface area contributed by atoms with Gasteiger partial charge in [-0.15, -0.1) is 0 Å². The molecule has 3 rings (SSSR count). The van der Waals surface area contributed by atoms with Gasteiger partial charge in [-0.1, -0.05) is 23.2 Å². The lowest BCUT2D eigenvalue weighted by atomic mass is 10.1. The van der Waals surface area contributed by atoms with Gasteiger partial charge in [0.15, 0.2) is 0 Å². The van der Waals surface area contributed by atoms with E-state index in [2.05, 4.69) is 26.9 Å². The highest BCUT2D eigenvalue weighted by Gasteiger charge is 2.16. The highest BCUT2D eigenvalue weighted by Crippen LogP contribution is 2.37. The van der Waals surface area contributed by atoms with Crippen LogP contribution in [0.4, 0.5) is 5.69 Å². The summed E-state index contributed by atoms with van der Waals surface area (Å²) in [5.74, 6) is 0.690. The van der Waals surface area contributed by atoms with E-state index in [4.69, 9.17) is 23.2 Å². The average molecular weight is 339 g/mol. The van der Waals surface area contributed by atoms with Crippen molar-refractivity contribution in [3.05, 3.63) is 52.3 Å². The Morgan fingerprint density at radius 3 is 2.67 bits per heavy atom. The molecular formula is C14H12Cl2N4S. The fourth-order valence-electron chi connectivity index (χ4n) is 1.95. The number of halogens is 2. The van der Waals surface area contributed by atoms with Crippen LogP contribution in [-0.4, -0.2) is 10.9 Å². The monoisotopic (exact) mass is 338 g/mol. The molecule has 0 aliphatic carbocycles. The first-order valence-electron chi connectivity index (χ1n) is 6.31. The van der Waals surface area contributed by atoms with Crippen LogP contribution in [-0.2, 0) is 0 Å². The molecule has 0 bridgehead atoms. The molecule has 7 heteroatoms. The number of guanidine groups is 1. The van der Waals surface area contributed by atoms with Gasteiger partial charge in [0.1, 0.15) is 0 Å². The van der Waals surface area contributed by atoms with Crippen LogP contribution < -0.4 is 10.6 Å². The van der Waals surface area contributed by atoms with Gasteiger partial charge in [0.25, 0.3) is 0 Å². The summed E-state index contributed by atoms with van der Waals surface area (Å²) < 4.78 is 4.40. The predicted octanol–water partition coefficient (Wildman–Crippen LogP) is 4.53. The normalized spacial score (nSPS) is 14.7. The van der Waals surface area contributed by atoms with Crippen molar-refractivity contribution in [3.63, 3.8) is 0 Å². The molecule has 1 aliphatic heterocycles. The van der Waals surface area contributed by atoms with Gasteiger partial charge in [0.2, 0.25) is 5.96 Å². The molecule has 1 aromatic heterocycles. The lowest BCUT2D eigenvalue weighted by molar-refractivity contribution is 0.715. The number of hydrogen-bond donors (Lipinski definition) is 2. The fraction of sp³-hybridized carbons (Fsp3) is 0.143. The second-order valence-corrected chi connectivity index (χ2v) is 6.18. The minimum atomic E-state index is 0.115. The Labute approximate surface area is 137 Å². The first kappa shape index (κ1) is 14.5. The topological polar surface area (TPSA) is 49.3 Å². The number of rotatable bonds is 2. The van der Waals surface area contributed by atoms with Crippen LogP contribution in [0.25, 0.3) is 0 Å². The number of pyridine rings is 1. The van der Waals surface area contributed by atoms with E-state index in [-0.39, 0.29) is 6.04 Å². The average Bonchev–Trinajstić information content (AvgIpc) is 2.49. The Morgan fingerprint density at radius 2 is 1.90 bits per heavy atom. The summed E-state index contributed by atoms with van der Waals surface area (Å²) in [4.78, 5) is 4.97. The van der Waals surface area contributed by atoms with Crippen molar-refractivity contribution >= 4 is 46.8 Å². The molecule has 1 aliphatic rings. The maximum absolute atomic E-state index is 6.05. The number of hydrogen-bond acceptors (Lipinski definition) is 5. The van der Waals surface area contributed by atoms with Crippen LogP contribution >= 0.6 is 35.1 Å². The number of fused-ring (bicyclic) bond motifs is 1. The van der Waals surface area contributed by atoms with Gasteiger partial charge in [0.05, 0.1) is 26.7 Å². The summed E-state index contributed by atoms with van der Waals surface area (Å²) in [7, 11) is 0.